The van der Waals surface area contributed by atoms with Gasteiger partial charge in [0, 0.05) is 23.2 Å². The lowest BCUT2D eigenvalue weighted by Crippen LogP contribution is -2.16. The van der Waals surface area contributed by atoms with Gasteiger partial charge in [0.1, 0.15) is 0 Å². The number of benzene rings is 2. The standard InChI is InChI=1S/C22H21NO2/c1-15(13-22(24)25)17-9-10-20-18(14-17)11-12-23(20)21-8-4-6-16-5-2-3-7-19(16)21/h2-3,5,7,9-14,21H,4,6,8H2,1H3,(H,24,25). The molecule has 4 rings (SSSR count). The number of fused-ring (bicyclic) bond motifs is 2. The van der Waals surface area contributed by atoms with E-state index in [-0.39, 0.29) is 0 Å². The van der Waals surface area contributed by atoms with E-state index in [1.165, 1.54) is 29.1 Å². The van der Waals surface area contributed by atoms with Gasteiger partial charge < -0.3 is 9.67 Å². The highest BCUT2D eigenvalue weighted by Gasteiger charge is 2.22. The van der Waals surface area contributed by atoms with Crippen molar-refractivity contribution in [3.8, 4) is 0 Å². The van der Waals surface area contributed by atoms with Gasteiger partial charge in [-0.1, -0.05) is 30.3 Å². The molecule has 0 fully saturated rings. The van der Waals surface area contributed by atoms with Crippen LogP contribution in [-0.2, 0) is 11.2 Å². The van der Waals surface area contributed by atoms with Gasteiger partial charge in [-0.15, -0.1) is 0 Å². The number of hydrogen-bond acceptors (Lipinski definition) is 1. The van der Waals surface area contributed by atoms with Gasteiger partial charge in [-0.2, -0.15) is 0 Å². The summed E-state index contributed by atoms with van der Waals surface area (Å²) in [6.07, 6.45) is 6.95. The van der Waals surface area contributed by atoms with Crippen molar-refractivity contribution in [3.63, 3.8) is 0 Å². The first-order chi connectivity index (χ1) is 12.1. The number of nitrogens with zero attached hydrogens (tertiary/aromatic N) is 1. The Balaban J connectivity index is 1.77. The zero-order valence-electron chi connectivity index (χ0n) is 14.3. The van der Waals surface area contributed by atoms with Crippen LogP contribution in [0.1, 0.15) is 42.5 Å². The molecule has 0 radical (unpaired) electrons. The van der Waals surface area contributed by atoms with E-state index >= 15 is 0 Å². The topological polar surface area (TPSA) is 42.2 Å². The monoisotopic (exact) mass is 331 g/mol. The maximum atomic E-state index is 10.9. The molecule has 1 atom stereocenters. The number of aryl methyl sites for hydroxylation is 1. The van der Waals surface area contributed by atoms with Crippen molar-refractivity contribution in [1.82, 2.24) is 4.57 Å². The SMILES string of the molecule is CC(=CC(=O)O)c1ccc2c(ccn2C2CCCc3ccccc32)c1. The molecule has 2 aromatic carbocycles. The van der Waals surface area contributed by atoms with E-state index in [0.717, 1.165) is 29.4 Å². The van der Waals surface area contributed by atoms with E-state index in [1.807, 2.05) is 13.0 Å². The number of allylic oxidation sites excluding steroid dienone is 1. The normalized spacial score (nSPS) is 17.5. The van der Waals surface area contributed by atoms with E-state index in [0.29, 0.717) is 6.04 Å². The Morgan fingerprint density at radius 2 is 2.04 bits per heavy atom. The summed E-state index contributed by atoms with van der Waals surface area (Å²) in [4.78, 5) is 10.9. The Morgan fingerprint density at radius 1 is 1.20 bits per heavy atom. The molecule has 1 unspecified atom stereocenters. The highest BCUT2D eigenvalue weighted by molar-refractivity contribution is 5.92. The van der Waals surface area contributed by atoms with E-state index < -0.39 is 5.97 Å². The summed E-state index contributed by atoms with van der Waals surface area (Å²) in [5.74, 6) is -0.908. The minimum absolute atomic E-state index is 0.379. The van der Waals surface area contributed by atoms with Gasteiger partial charge in [-0.05, 0) is 66.6 Å². The molecule has 0 bridgehead atoms. The zero-order chi connectivity index (χ0) is 17.4. The van der Waals surface area contributed by atoms with Gasteiger partial charge in [0.15, 0.2) is 0 Å². The van der Waals surface area contributed by atoms with Crippen molar-refractivity contribution in [1.29, 1.82) is 0 Å². The Labute approximate surface area is 147 Å². The molecule has 3 aromatic rings. The van der Waals surface area contributed by atoms with Crippen LogP contribution < -0.4 is 0 Å². The van der Waals surface area contributed by atoms with Gasteiger partial charge in [0.25, 0.3) is 0 Å². The Kier molecular flexibility index (Phi) is 3.92. The number of aliphatic carboxylic acids is 1. The Morgan fingerprint density at radius 3 is 2.88 bits per heavy atom. The first kappa shape index (κ1) is 15.7. The molecule has 1 aromatic heterocycles. The van der Waals surface area contributed by atoms with E-state index in [4.69, 9.17) is 5.11 Å². The summed E-state index contributed by atoms with van der Waals surface area (Å²) in [6, 6.07) is 17.5. The first-order valence-electron chi connectivity index (χ1n) is 8.73. The Bertz CT molecular complexity index is 981. The molecule has 0 saturated heterocycles. The number of carboxylic acids is 1. The third-order valence-corrected chi connectivity index (χ3v) is 5.19. The summed E-state index contributed by atoms with van der Waals surface area (Å²) in [5, 5.41) is 10.1. The van der Waals surface area contributed by atoms with Crippen molar-refractivity contribution in [2.24, 2.45) is 0 Å². The van der Waals surface area contributed by atoms with Gasteiger partial charge >= 0.3 is 5.97 Å². The summed E-state index contributed by atoms with van der Waals surface area (Å²) < 4.78 is 2.37. The molecule has 0 aliphatic heterocycles. The molecule has 1 aliphatic carbocycles. The second-order valence-electron chi connectivity index (χ2n) is 6.77. The average molecular weight is 331 g/mol. The maximum absolute atomic E-state index is 10.9. The summed E-state index contributed by atoms with van der Waals surface area (Å²) in [7, 11) is 0. The summed E-state index contributed by atoms with van der Waals surface area (Å²) in [6.45, 7) is 1.84. The van der Waals surface area contributed by atoms with Crippen LogP contribution in [-0.4, -0.2) is 15.6 Å². The third-order valence-electron chi connectivity index (χ3n) is 5.19. The van der Waals surface area contributed by atoms with Crippen molar-refractivity contribution >= 4 is 22.4 Å². The molecule has 0 amide bonds. The molecular weight excluding hydrogens is 310 g/mol. The van der Waals surface area contributed by atoms with Gasteiger partial charge in [-0.25, -0.2) is 4.79 Å². The number of aromatic nitrogens is 1. The van der Waals surface area contributed by atoms with Crippen molar-refractivity contribution in [2.45, 2.75) is 32.2 Å². The fourth-order valence-electron chi connectivity index (χ4n) is 3.97. The predicted molar refractivity (Wildman–Crippen MR) is 101 cm³/mol. The number of carboxylic acid groups (broad SMARTS) is 1. The quantitative estimate of drug-likeness (QED) is 0.682. The number of hydrogen-bond donors (Lipinski definition) is 1. The van der Waals surface area contributed by atoms with Crippen LogP contribution in [0.3, 0.4) is 0 Å². The molecule has 3 nitrogen and oxygen atoms in total. The highest BCUT2D eigenvalue weighted by atomic mass is 16.4. The fourth-order valence-corrected chi connectivity index (χ4v) is 3.97. The van der Waals surface area contributed by atoms with Gasteiger partial charge in [0.05, 0.1) is 6.04 Å². The summed E-state index contributed by atoms with van der Waals surface area (Å²) in [5.41, 5.74) is 5.81. The predicted octanol–water partition coefficient (Wildman–Crippen LogP) is 5.05. The van der Waals surface area contributed by atoms with E-state index in [2.05, 4.69) is 53.2 Å². The molecule has 126 valence electrons. The molecule has 1 heterocycles. The lowest BCUT2D eigenvalue weighted by molar-refractivity contribution is -0.131. The van der Waals surface area contributed by atoms with E-state index in [1.54, 1.807) is 0 Å². The summed E-state index contributed by atoms with van der Waals surface area (Å²) >= 11 is 0. The molecule has 0 saturated carbocycles. The minimum atomic E-state index is -0.908. The fraction of sp³-hybridized carbons (Fsp3) is 0.227. The molecular formula is C22H21NO2. The number of carbonyl (C=O) groups is 1. The largest absolute Gasteiger partial charge is 0.478 e. The second kappa shape index (κ2) is 6.25. The lowest BCUT2D eigenvalue weighted by Gasteiger charge is -2.27. The Hall–Kier alpha value is -2.81. The van der Waals surface area contributed by atoms with Crippen molar-refractivity contribution < 1.29 is 9.90 Å². The van der Waals surface area contributed by atoms with Gasteiger partial charge in [-0.3, -0.25) is 0 Å². The van der Waals surface area contributed by atoms with Crippen molar-refractivity contribution in [3.05, 3.63) is 77.5 Å². The first-order valence-corrected chi connectivity index (χ1v) is 8.73. The number of rotatable bonds is 3. The van der Waals surface area contributed by atoms with Crippen LogP contribution in [0.25, 0.3) is 16.5 Å². The van der Waals surface area contributed by atoms with Crippen LogP contribution in [0.2, 0.25) is 0 Å². The second-order valence-corrected chi connectivity index (χ2v) is 6.77. The molecule has 25 heavy (non-hydrogen) atoms. The van der Waals surface area contributed by atoms with Gasteiger partial charge in [0.2, 0.25) is 0 Å². The maximum Gasteiger partial charge on any atom is 0.328 e. The van der Waals surface area contributed by atoms with Crippen molar-refractivity contribution in [2.75, 3.05) is 0 Å². The van der Waals surface area contributed by atoms with Crippen LogP contribution >= 0.6 is 0 Å². The minimum Gasteiger partial charge on any atom is -0.478 e. The molecule has 3 heteroatoms. The lowest BCUT2D eigenvalue weighted by atomic mass is 9.87. The smallest absolute Gasteiger partial charge is 0.328 e. The average Bonchev–Trinajstić information content (AvgIpc) is 3.03. The van der Waals surface area contributed by atoms with Crippen LogP contribution in [0.15, 0.2) is 60.8 Å². The molecule has 0 spiro atoms. The molecule has 1 N–H and O–H groups in total. The highest BCUT2D eigenvalue weighted by Crippen LogP contribution is 2.35. The van der Waals surface area contributed by atoms with Crippen LogP contribution in [0.4, 0.5) is 0 Å². The van der Waals surface area contributed by atoms with E-state index in [9.17, 15) is 4.79 Å². The van der Waals surface area contributed by atoms with Crippen LogP contribution in [0, 0.1) is 0 Å². The van der Waals surface area contributed by atoms with Crippen LogP contribution in [0.5, 0.6) is 0 Å². The third kappa shape index (κ3) is 2.86. The molecule has 1 aliphatic rings. The zero-order valence-corrected chi connectivity index (χ0v) is 14.3.